The molecule has 5 heteroatoms. The molecule has 0 fully saturated rings. The average Bonchev–Trinajstić information content (AvgIpc) is 3.19. The van der Waals surface area contributed by atoms with Gasteiger partial charge in [0.2, 0.25) is 0 Å². The molecule has 1 aromatic heterocycles. The second kappa shape index (κ2) is 9.33. The Morgan fingerprint density at radius 2 is 2.07 bits per heavy atom. The Balaban J connectivity index is 1.29. The summed E-state index contributed by atoms with van der Waals surface area (Å²) in [5.74, 6) is 1.78. The van der Waals surface area contributed by atoms with Crippen LogP contribution in [-0.4, -0.2) is 36.4 Å². The van der Waals surface area contributed by atoms with E-state index in [1.807, 2.05) is 36.2 Å². The van der Waals surface area contributed by atoms with Gasteiger partial charge in [0.25, 0.3) is 0 Å². The van der Waals surface area contributed by atoms with Crippen molar-refractivity contribution in [2.45, 2.75) is 24.6 Å². The average molecular weight is 407 g/mol. The number of carbonyl (C=O) groups is 1. The van der Waals surface area contributed by atoms with Gasteiger partial charge in [-0.05, 0) is 47.4 Å². The Hall–Kier alpha value is -2.50. The van der Waals surface area contributed by atoms with Gasteiger partial charge in [-0.3, -0.25) is 0 Å². The maximum Gasteiger partial charge on any atom is 0.337 e. The molecule has 0 amide bonds. The predicted octanol–water partition coefficient (Wildman–Crippen LogP) is 5.02. The number of H-pyrrole nitrogens is 1. The van der Waals surface area contributed by atoms with Gasteiger partial charge in [-0.1, -0.05) is 42.5 Å². The Bertz CT molecular complexity index is 1010. The van der Waals surface area contributed by atoms with E-state index in [0.29, 0.717) is 11.6 Å². The normalized spacial score (nSPS) is 16.6. The van der Waals surface area contributed by atoms with Gasteiger partial charge in [0.15, 0.2) is 0 Å². The molecule has 29 heavy (non-hydrogen) atoms. The molecule has 0 radical (unpaired) electrons. The number of thioether (sulfide) groups is 1. The summed E-state index contributed by atoms with van der Waals surface area (Å²) in [4.78, 5) is 15.0. The molecule has 0 bridgehead atoms. The molecule has 2 N–H and O–H groups in total. The molecule has 0 saturated heterocycles. The van der Waals surface area contributed by atoms with Gasteiger partial charge < -0.3 is 15.0 Å². The zero-order valence-electron chi connectivity index (χ0n) is 16.6. The Kier molecular flexibility index (Phi) is 6.37. The van der Waals surface area contributed by atoms with Crippen molar-refractivity contribution in [2.75, 3.05) is 19.4 Å². The summed E-state index contributed by atoms with van der Waals surface area (Å²) < 4.78 is 4.80. The number of aromatic nitrogens is 1. The van der Waals surface area contributed by atoms with Crippen LogP contribution in [0.1, 0.15) is 34.3 Å². The lowest BCUT2D eigenvalue weighted by atomic mass is 9.94. The van der Waals surface area contributed by atoms with E-state index >= 15 is 0 Å². The molecule has 0 spiro atoms. The van der Waals surface area contributed by atoms with E-state index in [1.165, 1.54) is 29.2 Å². The number of aromatic amines is 1. The minimum atomic E-state index is -0.304. The highest BCUT2D eigenvalue weighted by molar-refractivity contribution is 7.98. The number of esters is 1. The molecule has 4 rings (SSSR count). The van der Waals surface area contributed by atoms with Gasteiger partial charge in [0, 0.05) is 35.4 Å². The van der Waals surface area contributed by atoms with Crippen LogP contribution in [0.3, 0.4) is 0 Å². The number of carbonyl (C=O) groups excluding carboxylic acids is 1. The fourth-order valence-electron chi connectivity index (χ4n) is 3.82. The van der Waals surface area contributed by atoms with Gasteiger partial charge in [0.05, 0.1) is 12.7 Å². The summed E-state index contributed by atoms with van der Waals surface area (Å²) in [6, 6.07) is 16.9. The highest BCUT2D eigenvalue weighted by Crippen LogP contribution is 2.27. The Morgan fingerprint density at radius 1 is 1.21 bits per heavy atom. The van der Waals surface area contributed by atoms with E-state index in [-0.39, 0.29) is 5.97 Å². The molecule has 2 aromatic carbocycles. The summed E-state index contributed by atoms with van der Waals surface area (Å²) in [5, 5.41) is 4.80. The van der Waals surface area contributed by atoms with Gasteiger partial charge in [-0.25, -0.2) is 4.79 Å². The first-order valence-electron chi connectivity index (χ1n) is 9.98. The largest absolute Gasteiger partial charge is 0.465 e. The zero-order chi connectivity index (χ0) is 20.1. The molecule has 1 aliphatic heterocycles. The van der Waals surface area contributed by atoms with Gasteiger partial charge in [-0.2, -0.15) is 11.8 Å². The Labute approximate surface area is 175 Å². The van der Waals surface area contributed by atoms with Crippen LogP contribution in [0, 0.1) is 0 Å². The van der Waals surface area contributed by atoms with Crippen LogP contribution in [0.25, 0.3) is 16.5 Å². The number of ether oxygens (including phenoxy) is 1. The monoisotopic (exact) mass is 406 g/mol. The molecule has 4 nitrogen and oxygen atoms in total. The fourth-order valence-corrected chi connectivity index (χ4v) is 4.87. The van der Waals surface area contributed by atoms with E-state index in [0.717, 1.165) is 36.4 Å². The first-order valence-corrected chi connectivity index (χ1v) is 11.1. The van der Waals surface area contributed by atoms with E-state index in [9.17, 15) is 4.79 Å². The second-order valence-electron chi connectivity index (χ2n) is 7.31. The van der Waals surface area contributed by atoms with Crippen molar-refractivity contribution in [3.8, 4) is 0 Å². The summed E-state index contributed by atoms with van der Waals surface area (Å²) >= 11 is 1.96. The third-order valence-corrected chi connectivity index (χ3v) is 6.46. The van der Waals surface area contributed by atoms with Gasteiger partial charge in [-0.15, -0.1) is 0 Å². The van der Waals surface area contributed by atoms with Crippen molar-refractivity contribution < 1.29 is 9.53 Å². The minimum absolute atomic E-state index is 0.304. The van der Waals surface area contributed by atoms with Crippen LogP contribution in [0.2, 0.25) is 0 Å². The van der Waals surface area contributed by atoms with Crippen LogP contribution in [-0.2, 0) is 10.5 Å². The number of hydrogen-bond donors (Lipinski definition) is 2. The third-order valence-electron chi connectivity index (χ3n) is 5.42. The lowest BCUT2D eigenvalue weighted by molar-refractivity contribution is 0.0601. The summed E-state index contributed by atoms with van der Waals surface area (Å²) in [6.07, 6.45) is 6.61. The standard InChI is InChI=1S/C24H26N2O2S/c1-28-24(27)19-7-8-22-20(15-26-23(22)14-19)16-29-12-10-21-13-18(9-11-25-21)17-5-3-2-4-6-17/h2-9,14-15,21,25-26H,10-13,16H2,1H3. The van der Waals surface area contributed by atoms with Crippen molar-refractivity contribution in [1.29, 1.82) is 0 Å². The molecule has 1 unspecified atom stereocenters. The fraction of sp³-hybridized carbons (Fsp3) is 0.292. The number of rotatable bonds is 7. The van der Waals surface area contributed by atoms with Crippen molar-refractivity contribution in [1.82, 2.24) is 10.3 Å². The van der Waals surface area contributed by atoms with Crippen LogP contribution in [0.4, 0.5) is 0 Å². The molecule has 1 atom stereocenters. The molecule has 3 aromatic rings. The maximum atomic E-state index is 11.7. The van der Waals surface area contributed by atoms with Crippen LogP contribution < -0.4 is 5.32 Å². The lowest BCUT2D eigenvalue weighted by Gasteiger charge is -2.24. The van der Waals surface area contributed by atoms with Crippen LogP contribution >= 0.6 is 11.8 Å². The zero-order valence-corrected chi connectivity index (χ0v) is 17.4. The first-order chi connectivity index (χ1) is 14.2. The number of methoxy groups -OCH3 is 1. The highest BCUT2D eigenvalue weighted by Gasteiger charge is 2.16. The number of nitrogens with one attached hydrogen (secondary N) is 2. The molecule has 0 aliphatic carbocycles. The van der Waals surface area contributed by atoms with Crippen molar-refractivity contribution in [3.05, 3.63) is 77.5 Å². The molecular formula is C24H26N2O2S. The quantitative estimate of drug-likeness (QED) is 0.427. The number of benzene rings is 2. The summed E-state index contributed by atoms with van der Waals surface area (Å²) in [6.45, 7) is 0.949. The van der Waals surface area contributed by atoms with E-state index in [1.54, 1.807) is 0 Å². The van der Waals surface area contributed by atoms with Crippen LogP contribution in [0.5, 0.6) is 0 Å². The van der Waals surface area contributed by atoms with Crippen molar-refractivity contribution in [2.24, 2.45) is 0 Å². The first kappa shape index (κ1) is 19.8. The number of fused-ring (bicyclic) bond motifs is 1. The van der Waals surface area contributed by atoms with Crippen molar-refractivity contribution in [3.63, 3.8) is 0 Å². The molecule has 150 valence electrons. The Morgan fingerprint density at radius 3 is 2.90 bits per heavy atom. The van der Waals surface area contributed by atoms with E-state index < -0.39 is 0 Å². The minimum Gasteiger partial charge on any atom is -0.465 e. The molecule has 1 aliphatic rings. The molecule has 0 saturated carbocycles. The smallest absolute Gasteiger partial charge is 0.337 e. The highest BCUT2D eigenvalue weighted by atomic mass is 32.2. The van der Waals surface area contributed by atoms with Crippen molar-refractivity contribution >= 4 is 34.2 Å². The van der Waals surface area contributed by atoms with Gasteiger partial charge >= 0.3 is 5.97 Å². The third kappa shape index (κ3) is 4.74. The maximum absolute atomic E-state index is 11.7. The predicted molar refractivity (Wildman–Crippen MR) is 121 cm³/mol. The van der Waals surface area contributed by atoms with Gasteiger partial charge in [0.1, 0.15) is 0 Å². The SMILES string of the molecule is COC(=O)c1ccc2c(CSCCC3CC(c4ccccc4)=CCN3)c[nH]c2c1. The lowest BCUT2D eigenvalue weighted by Crippen LogP contribution is -2.33. The topological polar surface area (TPSA) is 54.1 Å². The summed E-state index contributed by atoms with van der Waals surface area (Å²) in [5.41, 5.74) is 5.64. The number of hydrogen-bond acceptors (Lipinski definition) is 4. The molecular weight excluding hydrogens is 380 g/mol. The van der Waals surface area contributed by atoms with E-state index in [2.05, 4.69) is 46.7 Å². The summed E-state index contributed by atoms with van der Waals surface area (Å²) in [7, 11) is 1.41. The van der Waals surface area contributed by atoms with E-state index in [4.69, 9.17) is 4.74 Å². The molecule has 2 heterocycles. The van der Waals surface area contributed by atoms with Crippen LogP contribution in [0.15, 0.2) is 60.8 Å². The second-order valence-corrected chi connectivity index (χ2v) is 8.42.